The zero-order valence-electron chi connectivity index (χ0n) is 21.0. The van der Waals surface area contributed by atoms with Gasteiger partial charge in [0, 0.05) is 23.2 Å². The van der Waals surface area contributed by atoms with Crippen molar-refractivity contribution in [1.82, 2.24) is 9.80 Å². The minimum Gasteiger partial charge on any atom is -0.332 e. The van der Waals surface area contributed by atoms with Gasteiger partial charge in [0.1, 0.15) is 12.4 Å². The minimum absolute atomic E-state index is 0.00787. The lowest BCUT2D eigenvalue weighted by Gasteiger charge is -2.35. The van der Waals surface area contributed by atoms with Crippen molar-refractivity contribution in [2.45, 2.75) is 65.1 Å². The number of carbonyl (C=O) groups is 2. The number of hydrogen-bond donors (Lipinski definition) is 1. The zero-order chi connectivity index (χ0) is 25.5. The molecule has 1 fully saturated rings. The second kappa shape index (κ2) is 12.2. The molecule has 0 atom stereocenters. The van der Waals surface area contributed by atoms with E-state index in [-0.39, 0.29) is 30.3 Å². The summed E-state index contributed by atoms with van der Waals surface area (Å²) in [7, 11) is 0. The van der Waals surface area contributed by atoms with Gasteiger partial charge in [0.2, 0.25) is 5.91 Å². The van der Waals surface area contributed by atoms with Crippen LogP contribution in [-0.4, -0.2) is 34.3 Å². The lowest BCUT2D eigenvalue weighted by atomic mass is 9.94. The van der Waals surface area contributed by atoms with Crippen molar-refractivity contribution in [2.24, 2.45) is 0 Å². The van der Waals surface area contributed by atoms with E-state index in [4.69, 9.17) is 0 Å². The highest BCUT2D eigenvalue weighted by Crippen LogP contribution is 2.25. The lowest BCUT2D eigenvalue weighted by molar-refractivity contribution is -0.133. The van der Waals surface area contributed by atoms with E-state index >= 15 is 0 Å². The lowest BCUT2D eigenvalue weighted by Crippen LogP contribution is -2.49. The predicted octanol–water partition coefficient (Wildman–Crippen LogP) is 6.90. The fourth-order valence-electron chi connectivity index (χ4n) is 4.71. The number of thiophene rings is 1. The number of rotatable bonds is 8. The van der Waals surface area contributed by atoms with Gasteiger partial charge in [-0.3, -0.25) is 4.79 Å². The van der Waals surface area contributed by atoms with Crippen molar-refractivity contribution < 1.29 is 14.0 Å². The third-order valence-electron chi connectivity index (χ3n) is 6.99. The average molecular weight is 508 g/mol. The van der Waals surface area contributed by atoms with Crippen molar-refractivity contribution in [3.63, 3.8) is 0 Å². The van der Waals surface area contributed by atoms with Gasteiger partial charge in [-0.05, 0) is 73.0 Å². The molecular formula is C29H34FN3O2S. The number of anilines is 1. The van der Waals surface area contributed by atoms with E-state index in [0.29, 0.717) is 13.1 Å². The Kier molecular flexibility index (Phi) is 8.75. The van der Waals surface area contributed by atoms with Crippen LogP contribution < -0.4 is 5.32 Å². The van der Waals surface area contributed by atoms with E-state index in [1.807, 2.05) is 49.6 Å². The van der Waals surface area contributed by atoms with Crippen LogP contribution in [0.2, 0.25) is 0 Å². The SMILES string of the molecule is Cc1cccc(NC(=O)N(CC(=O)N(Cc2ccc(F)cc2)Cc2cccs2)C2CCCCC2)c1C. The first kappa shape index (κ1) is 25.9. The van der Waals surface area contributed by atoms with Crippen LogP contribution in [-0.2, 0) is 17.9 Å². The highest BCUT2D eigenvalue weighted by molar-refractivity contribution is 7.09. The molecule has 0 bridgehead atoms. The molecule has 190 valence electrons. The summed E-state index contributed by atoms with van der Waals surface area (Å²) >= 11 is 1.59. The van der Waals surface area contributed by atoms with Gasteiger partial charge < -0.3 is 15.1 Å². The molecule has 0 radical (unpaired) electrons. The molecule has 1 aliphatic carbocycles. The van der Waals surface area contributed by atoms with Crippen molar-refractivity contribution in [3.8, 4) is 0 Å². The maximum atomic E-state index is 13.7. The van der Waals surface area contributed by atoms with E-state index in [9.17, 15) is 14.0 Å². The molecule has 4 rings (SSSR count). The van der Waals surface area contributed by atoms with E-state index < -0.39 is 0 Å². The molecule has 3 amide bonds. The standard InChI is InChI=1S/C29H34FN3O2S/c1-21-8-6-12-27(22(21)2)31-29(35)33(25-9-4-3-5-10-25)20-28(34)32(19-26-11-7-17-36-26)18-23-13-15-24(30)16-14-23/h6-8,11-17,25H,3-5,9-10,18-20H2,1-2H3,(H,31,35). The Morgan fingerprint density at radius 2 is 1.72 bits per heavy atom. The van der Waals surface area contributed by atoms with E-state index in [1.54, 1.807) is 33.3 Å². The Balaban J connectivity index is 1.55. The maximum Gasteiger partial charge on any atom is 0.322 e. The van der Waals surface area contributed by atoms with Crippen LogP contribution in [0.1, 0.15) is 53.7 Å². The molecule has 1 saturated carbocycles. The number of nitrogens with zero attached hydrogens (tertiary/aromatic N) is 2. The van der Waals surface area contributed by atoms with Crippen molar-refractivity contribution in [1.29, 1.82) is 0 Å². The number of benzene rings is 2. The van der Waals surface area contributed by atoms with Gasteiger partial charge in [0.15, 0.2) is 0 Å². The van der Waals surface area contributed by atoms with Crippen LogP contribution in [0, 0.1) is 19.7 Å². The highest BCUT2D eigenvalue weighted by atomic mass is 32.1. The molecule has 0 spiro atoms. The summed E-state index contributed by atoms with van der Waals surface area (Å²) in [4.78, 5) is 31.8. The van der Waals surface area contributed by atoms with Crippen molar-refractivity contribution >= 4 is 29.0 Å². The van der Waals surface area contributed by atoms with Gasteiger partial charge in [-0.15, -0.1) is 11.3 Å². The van der Waals surface area contributed by atoms with Crippen LogP contribution in [0.5, 0.6) is 0 Å². The summed E-state index contributed by atoms with van der Waals surface area (Å²) in [6.45, 7) is 4.82. The molecule has 5 nitrogen and oxygen atoms in total. The minimum atomic E-state index is -0.304. The molecule has 1 aromatic heterocycles. The smallest absolute Gasteiger partial charge is 0.322 e. The molecule has 7 heteroatoms. The number of amides is 3. The Morgan fingerprint density at radius 1 is 0.972 bits per heavy atom. The van der Waals surface area contributed by atoms with Crippen LogP contribution in [0.3, 0.4) is 0 Å². The molecular weight excluding hydrogens is 473 g/mol. The second-order valence-electron chi connectivity index (χ2n) is 9.55. The molecule has 2 aromatic carbocycles. The summed E-state index contributed by atoms with van der Waals surface area (Å²) in [5.74, 6) is -0.420. The third-order valence-corrected chi connectivity index (χ3v) is 7.86. The molecule has 1 heterocycles. The number of halogens is 1. The first-order valence-electron chi connectivity index (χ1n) is 12.6. The Hall–Kier alpha value is -3.19. The van der Waals surface area contributed by atoms with E-state index in [1.165, 1.54) is 12.1 Å². The van der Waals surface area contributed by atoms with Gasteiger partial charge >= 0.3 is 6.03 Å². The van der Waals surface area contributed by atoms with E-state index in [0.717, 1.165) is 59.4 Å². The number of aryl methyl sites for hydroxylation is 1. The fourth-order valence-corrected chi connectivity index (χ4v) is 5.43. The summed E-state index contributed by atoms with van der Waals surface area (Å²) in [6, 6.07) is 15.8. The summed E-state index contributed by atoms with van der Waals surface area (Å²) < 4.78 is 13.5. The quantitative estimate of drug-likeness (QED) is 0.361. The maximum absolute atomic E-state index is 13.7. The Morgan fingerprint density at radius 3 is 2.42 bits per heavy atom. The Labute approximate surface area is 216 Å². The van der Waals surface area contributed by atoms with E-state index in [2.05, 4.69) is 5.32 Å². The van der Waals surface area contributed by atoms with Gasteiger partial charge in [-0.25, -0.2) is 9.18 Å². The third kappa shape index (κ3) is 6.72. The predicted molar refractivity (Wildman–Crippen MR) is 143 cm³/mol. The van der Waals surface area contributed by atoms with Crippen LogP contribution in [0.4, 0.5) is 14.9 Å². The number of hydrogen-bond acceptors (Lipinski definition) is 3. The molecule has 0 aliphatic heterocycles. The van der Waals surface area contributed by atoms with Gasteiger partial charge in [0.25, 0.3) is 0 Å². The van der Waals surface area contributed by atoms with Gasteiger partial charge in [-0.1, -0.05) is 49.6 Å². The van der Waals surface area contributed by atoms with Crippen molar-refractivity contribution in [2.75, 3.05) is 11.9 Å². The summed E-state index contributed by atoms with van der Waals surface area (Å²) in [5, 5.41) is 5.06. The normalized spacial score (nSPS) is 13.9. The molecule has 3 aromatic rings. The number of carbonyl (C=O) groups excluding carboxylic acids is 2. The largest absolute Gasteiger partial charge is 0.332 e. The average Bonchev–Trinajstić information content (AvgIpc) is 3.40. The summed E-state index contributed by atoms with van der Waals surface area (Å²) in [5.41, 5.74) is 3.76. The monoisotopic (exact) mass is 507 g/mol. The zero-order valence-corrected chi connectivity index (χ0v) is 21.8. The second-order valence-corrected chi connectivity index (χ2v) is 10.6. The van der Waals surface area contributed by atoms with Crippen LogP contribution in [0.25, 0.3) is 0 Å². The molecule has 36 heavy (non-hydrogen) atoms. The molecule has 0 unspecified atom stereocenters. The summed E-state index contributed by atoms with van der Waals surface area (Å²) in [6.07, 6.45) is 5.07. The van der Waals surface area contributed by atoms with Crippen LogP contribution >= 0.6 is 11.3 Å². The number of urea groups is 1. The van der Waals surface area contributed by atoms with Gasteiger partial charge in [-0.2, -0.15) is 0 Å². The fraction of sp³-hybridized carbons (Fsp3) is 0.379. The highest BCUT2D eigenvalue weighted by Gasteiger charge is 2.29. The topological polar surface area (TPSA) is 52.7 Å². The van der Waals surface area contributed by atoms with Crippen molar-refractivity contribution in [3.05, 3.63) is 87.4 Å². The number of nitrogens with one attached hydrogen (secondary N) is 1. The molecule has 1 aliphatic rings. The molecule has 0 saturated heterocycles. The Bertz CT molecular complexity index is 1160. The first-order chi connectivity index (χ1) is 17.4. The van der Waals surface area contributed by atoms with Crippen LogP contribution in [0.15, 0.2) is 60.0 Å². The molecule has 1 N–H and O–H groups in total. The van der Waals surface area contributed by atoms with Gasteiger partial charge in [0.05, 0.1) is 6.54 Å². The first-order valence-corrected chi connectivity index (χ1v) is 13.5.